The zero-order valence-corrected chi connectivity index (χ0v) is 13.1. The molecular formula is C15H20N4S+2. The van der Waals surface area contributed by atoms with Gasteiger partial charge in [-0.05, 0) is 0 Å². The van der Waals surface area contributed by atoms with Crippen LogP contribution in [0.5, 0.6) is 0 Å². The molecule has 0 aliphatic heterocycles. The summed E-state index contributed by atoms with van der Waals surface area (Å²) in [6.45, 7) is 0. The fourth-order valence-electron chi connectivity index (χ4n) is 1.82. The van der Waals surface area contributed by atoms with Crippen molar-refractivity contribution in [3.05, 3.63) is 49.1 Å². The topological polar surface area (TPSA) is 14.2 Å². The number of pyridine rings is 2. The van der Waals surface area contributed by atoms with Crippen molar-refractivity contribution >= 4 is 28.7 Å². The molecule has 0 aliphatic rings. The molecule has 20 heavy (non-hydrogen) atoms. The number of thiocarbonyl (C=S) groups is 1. The van der Waals surface area contributed by atoms with Gasteiger partial charge in [0.25, 0.3) is 0 Å². The number of hydrogen-bond acceptors (Lipinski definition) is 3. The maximum Gasteiger partial charge on any atom is 0.526 e. The quantitative estimate of drug-likeness (QED) is 0.607. The molecule has 0 N–H and O–H groups in total. The molecule has 0 bridgehead atoms. The van der Waals surface area contributed by atoms with Crippen molar-refractivity contribution in [1.29, 1.82) is 0 Å². The number of nitrogens with zero attached hydrogens (tertiary/aromatic N) is 4. The minimum Gasteiger partial charge on any atom is -0.377 e. The van der Waals surface area contributed by atoms with Gasteiger partial charge in [0.15, 0.2) is 24.8 Å². The van der Waals surface area contributed by atoms with E-state index in [4.69, 9.17) is 12.2 Å². The SMILES string of the molecule is CN(C)c1cc[n+](C(=S)[n+]2ccc(N(C)C)cc2)cc1. The molecule has 2 aromatic rings. The molecular weight excluding hydrogens is 268 g/mol. The Balaban J connectivity index is 2.22. The van der Waals surface area contributed by atoms with Crippen LogP contribution < -0.4 is 18.9 Å². The molecule has 0 spiro atoms. The van der Waals surface area contributed by atoms with Gasteiger partial charge in [-0.2, -0.15) is 0 Å². The molecule has 4 nitrogen and oxygen atoms in total. The van der Waals surface area contributed by atoms with Crippen LogP contribution in [0.1, 0.15) is 0 Å². The Labute approximate surface area is 125 Å². The van der Waals surface area contributed by atoms with Crippen molar-refractivity contribution in [3.8, 4) is 0 Å². The summed E-state index contributed by atoms with van der Waals surface area (Å²) in [4.78, 5) is 4.12. The summed E-state index contributed by atoms with van der Waals surface area (Å²) in [5.74, 6) is 0. The van der Waals surface area contributed by atoms with Crippen LogP contribution in [0.15, 0.2) is 49.1 Å². The van der Waals surface area contributed by atoms with E-state index >= 15 is 0 Å². The first-order valence-corrected chi connectivity index (χ1v) is 6.82. The van der Waals surface area contributed by atoms with Crippen LogP contribution in [0, 0.1) is 0 Å². The average Bonchev–Trinajstić information content (AvgIpc) is 2.46. The molecule has 0 aliphatic carbocycles. The van der Waals surface area contributed by atoms with Crippen molar-refractivity contribution in [3.63, 3.8) is 0 Å². The van der Waals surface area contributed by atoms with Gasteiger partial charge in [0.2, 0.25) is 0 Å². The smallest absolute Gasteiger partial charge is 0.377 e. The molecule has 0 saturated heterocycles. The molecule has 0 fully saturated rings. The van der Waals surface area contributed by atoms with Gasteiger partial charge in [0, 0.05) is 63.8 Å². The standard InChI is InChI=1S/C15H20N4S/c1-16(2)13-5-9-18(10-6-13)15(20)19-11-7-14(8-12-19)17(3)4/h5-12H,1-4H3/q+2. The highest BCUT2D eigenvalue weighted by molar-refractivity contribution is 7.79. The third-order valence-corrected chi connectivity index (χ3v) is 3.52. The normalized spacial score (nSPS) is 10.2. The van der Waals surface area contributed by atoms with E-state index in [0.29, 0.717) is 0 Å². The van der Waals surface area contributed by atoms with Crippen LogP contribution >= 0.6 is 12.2 Å². The maximum absolute atomic E-state index is 5.50. The van der Waals surface area contributed by atoms with Gasteiger partial charge in [-0.3, -0.25) is 0 Å². The third kappa shape index (κ3) is 3.11. The summed E-state index contributed by atoms with van der Waals surface area (Å²) in [6, 6.07) is 8.17. The summed E-state index contributed by atoms with van der Waals surface area (Å²) < 4.78 is 3.86. The van der Waals surface area contributed by atoms with E-state index in [1.165, 1.54) is 0 Å². The lowest BCUT2D eigenvalue weighted by Gasteiger charge is -2.10. The van der Waals surface area contributed by atoms with Crippen LogP contribution in [-0.4, -0.2) is 33.3 Å². The van der Waals surface area contributed by atoms with Crippen LogP contribution in [-0.2, 0) is 0 Å². The average molecular weight is 288 g/mol. The zero-order chi connectivity index (χ0) is 14.7. The molecule has 0 unspecified atom stereocenters. The second-order valence-corrected chi connectivity index (χ2v) is 5.36. The first-order valence-electron chi connectivity index (χ1n) is 6.41. The minimum absolute atomic E-state index is 0.723. The second kappa shape index (κ2) is 5.96. The molecule has 104 valence electrons. The molecule has 2 rings (SSSR count). The first kappa shape index (κ1) is 14.4. The van der Waals surface area contributed by atoms with Crippen molar-refractivity contribution < 1.29 is 9.13 Å². The molecule has 2 aromatic heterocycles. The van der Waals surface area contributed by atoms with Crippen LogP contribution in [0.3, 0.4) is 0 Å². The van der Waals surface area contributed by atoms with Gasteiger partial charge in [0.05, 0.1) is 12.2 Å². The van der Waals surface area contributed by atoms with Gasteiger partial charge >= 0.3 is 5.11 Å². The molecule has 0 radical (unpaired) electrons. The zero-order valence-electron chi connectivity index (χ0n) is 12.3. The van der Waals surface area contributed by atoms with Gasteiger partial charge in [-0.1, -0.05) is 9.13 Å². The molecule has 0 saturated carbocycles. The highest BCUT2D eigenvalue weighted by Crippen LogP contribution is 2.07. The summed E-state index contributed by atoms with van der Waals surface area (Å²) in [5.41, 5.74) is 2.30. The number of rotatable bonds is 2. The summed E-state index contributed by atoms with van der Waals surface area (Å²) in [5, 5.41) is 0.723. The first-order chi connectivity index (χ1) is 9.49. The number of aromatic nitrogens is 2. The second-order valence-electron chi connectivity index (χ2n) is 5.00. The molecule has 0 atom stereocenters. The van der Waals surface area contributed by atoms with Crippen molar-refractivity contribution in [2.24, 2.45) is 0 Å². The van der Waals surface area contributed by atoms with Crippen LogP contribution in [0.4, 0.5) is 11.4 Å². The predicted octanol–water partition coefficient (Wildman–Crippen LogP) is 1.07. The Kier molecular flexibility index (Phi) is 4.29. The lowest BCUT2D eigenvalue weighted by molar-refractivity contribution is -0.698. The van der Waals surface area contributed by atoms with Gasteiger partial charge in [-0.15, -0.1) is 0 Å². The lowest BCUT2D eigenvalue weighted by Crippen LogP contribution is -2.59. The van der Waals surface area contributed by atoms with Crippen molar-refractivity contribution in [2.45, 2.75) is 0 Å². The molecule has 0 amide bonds. The third-order valence-electron chi connectivity index (χ3n) is 3.10. The Morgan fingerprint density at radius 2 is 1.05 bits per heavy atom. The number of hydrogen-bond donors (Lipinski definition) is 0. The van der Waals surface area contributed by atoms with Crippen molar-refractivity contribution in [2.75, 3.05) is 38.0 Å². The Hall–Kier alpha value is -2.01. The monoisotopic (exact) mass is 288 g/mol. The fourth-order valence-corrected chi connectivity index (χ4v) is 2.07. The Morgan fingerprint density at radius 3 is 1.30 bits per heavy atom. The Morgan fingerprint density at radius 1 is 0.750 bits per heavy atom. The number of anilines is 2. The summed E-state index contributed by atoms with van der Waals surface area (Å²) >= 11 is 5.50. The molecule has 5 heteroatoms. The molecule has 2 heterocycles. The van der Waals surface area contributed by atoms with E-state index in [9.17, 15) is 0 Å². The summed E-state index contributed by atoms with van der Waals surface area (Å²) in [6.07, 6.45) is 7.91. The van der Waals surface area contributed by atoms with Gasteiger partial charge < -0.3 is 9.80 Å². The van der Waals surface area contributed by atoms with E-state index in [1.54, 1.807) is 0 Å². The van der Waals surface area contributed by atoms with Gasteiger partial charge in [0.1, 0.15) is 0 Å². The fraction of sp³-hybridized carbons (Fsp3) is 0.267. The van der Waals surface area contributed by atoms with Gasteiger partial charge in [-0.25, -0.2) is 0 Å². The predicted molar refractivity (Wildman–Crippen MR) is 85.3 cm³/mol. The minimum atomic E-state index is 0.723. The van der Waals surface area contributed by atoms with E-state index in [0.717, 1.165) is 16.5 Å². The van der Waals surface area contributed by atoms with Crippen LogP contribution in [0.2, 0.25) is 0 Å². The Bertz CT molecular complexity index is 535. The highest BCUT2D eigenvalue weighted by Gasteiger charge is 2.20. The highest BCUT2D eigenvalue weighted by atomic mass is 32.1. The lowest BCUT2D eigenvalue weighted by atomic mass is 10.4. The van der Waals surface area contributed by atoms with Crippen molar-refractivity contribution in [1.82, 2.24) is 0 Å². The van der Waals surface area contributed by atoms with Crippen LogP contribution in [0.25, 0.3) is 0 Å². The summed E-state index contributed by atoms with van der Waals surface area (Å²) in [7, 11) is 8.08. The molecule has 0 aromatic carbocycles. The van der Waals surface area contributed by atoms with E-state index in [2.05, 4.69) is 9.80 Å². The van der Waals surface area contributed by atoms with E-state index < -0.39 is 0 Å². The maximum atomic E-state index is 5.50. The van der Waals surface area contributed by atoms with E-state index in [-0.39, 0.29) is 0 Å². The largest absolute Gasteiger partial charge is 0.526 e. The van der Waals surface area contributed by atoms with E-state index in [1.807, 2.05) is 86.4 Å².